The van der Waals surface area contributed by atoms with Gasteiger partial charge in [-0.15, -0.1) is 11.3 Å². The number of nitriles is 1. The smallest absolute Gasteiger partial charge is 0.208 e. The molecule has 0 amide bonds. The molecule has 1 aromatic heterocycles. The molecule has 1 unspecified atom stereocenters. The number of sulfonamides is 1. The number of nitrogens with one attached hydrogen (secondary N) is 1. The van der Waals surface area contributed by atoms with Crippen LogP contribution >= 0.6 is 11.3 Å². The van der Waals surface area contributed by atoms with Crippen molar-refractivity contribution in [3.8, 4) is 6.07 Å². The van der Waals surface area contributed by atoms with Gasteiger partial charge in [0.05, 0.1) is 10.5 Å². The Morgan fingerprint density at radius 1 is 1.43 bits per heavy atom. The van der Waals surface area contributed by atoms with Crippen molar-refractivity contribution in [1.29, 1.82) is 5.26 Å². The highest BCUT2D eigenvalue weighted by atomic mass is 32.2. The topological polar surface area (TPSA) is 70.0 Å². The fourth-order valence-electron chi connectivity index (χ4n) is 1.86. The normalized spacial score (nSPS) is 12.8. The third-order valence-electron chi connectivity index (χ3n) is 2.81. The number of halogens is 1. The maximum atomic E-state index is 13.2. The molecule has 0 saturated carbocycles. The van der Waals surface area contributed by atoms with Crippen molar-refractivity contribution in [1.82, 2.24) is 4.72 Å². The van der Waals surface area contributed by atoms with Gasteiger partial charge >= 0.3 is 0 Å². The van der Waals surface area contributed by atoms with E-state index in [4.69, 9.17) is 5.26 Å². The molecule has 1 N–H and O–H groups in total. The lowest BCUT2D eigenvalue weighted by Crippen LogP contribution is -2.34. The van der Waals surface area contributed by atoms with Crippen molar-refractivity contribution >= 4 is 21.4 Å². The van der Waals surface area contributed by atoms with Gasteiger partial charge in [-0.25, -0.2) is 17.5 Å². The summed E-state index contributed by atoms with van der Waals surface area (Å²) < 4.78 is 40.2. The van der Waals surface area contributed by atoms with Gasteiger partial charge in [0.2, 0.25) is 10.0 Å². The van der Waals surface area contributed by atoms with Crippen molar-refractivity contribution in [2.75, 3.05) is 0 Å². The maximum Gasteiger partial charge on any atom is 0.240 e. The van der Waals surface area contributed by atoms with E-state index in [0.29, 0.717) is 6.42 Å². The summed E-state index contributed by atoms with van der Waals surface area (Å²) in [6.07, 6.45) is 0.573. The lowest BCUT2D eigenvalue weighted by Gasteiger charge is -2.13. The molecule has 7 heteroatoms. The number of hydrogen-bond acceptors (Lipinski definition) is 4. The molecule has 0 fully saturated rings. The molecule has 110 valence electrons. The van der Waals surface area contributed by atoms with Crippen LogP contribution in [0.15, 0.2) is 40.6 Å². The molecule has 1 heterocycles. The van der Waals surface area contributed by atoms with Crippen molar-refractivity contribution in [3.63, 3.8) is 0 Å². The molecular weight excluding hydrogens is 311 g/mol. The number of thiophene rings is 1. The second-order valence-electron chi connectivity index (χ2n) is 4.56. The lowest BCUT2D eigenvalue weighted by molar-refractivity contribution is 0.560. The average Bonchev–Trinajstić information content (AvgIpc) is 2.91. The Balaban J connectivity index is 2.16. The minimum atomic E-state index is -3.78. The first kappa shape index (κ1) is 15.6. The van der Waals surface area contributed by atoms with Gasteiger partial charge in [0, 0.05) is 10.9 Å². The van der Waals surface area contributed by atoms with Crippen LogP contribution in [-0.2, 0) is 16.4 Å². The fourth-order valence-corrected chi connectivity index (χ4v) is 3.97. The van der Waals surface area contributed by atoms with Crippen LogP contribution in [0, 0.1) is 17.1 Å². The molecule has 0 aliphatic heterocycles. The van der Waals surface area contributed by atoms with E-state index in [2.05, 4.69) is 4.72 Å². The molecule has 1 atom stereocenters. The number of benzene rings is 1. The second-order valence-corrected chi connectivity index (χ2v) is 7.31. The SMILES string of the molecule is CC(Cc1cccs1)NS(=O)(=O)c1ccc(F)c(C#N)c1. The van der Waals surface area contributed by atoms with Gasteiger partial charge in [0.25, 0.3) is 0 Å². The molecule has 1 aromatic carbocycles. The molecule has 21 heavy (non-hydrogen) atoms. The molecule has 0 radical (unpaired) electrons. The largest absolute Gasteiger partial charge is 0.240 e. The number of rotatable bonds is 5. The van der Waals surface area contributed by atoms with Crippen LogP contribution in [0.2, 0.25) is 0 Å². The van der Waals surface area contributed by atoms with E-state index in [1.807, 2.05) is 17.5 Å². The quantitative estimate of drug-likeness (QED) is 0.919. The van der Waals surface area contributed by atoms with Gasteiger partial charge in [-0.1, -0.05) is 6.07 Å². The first-order valence-electron chi connectivity index (χ1n) is 6.17. The Morgan fingerprint density at radius 2 is 2.19 bits per heavy atom. The Hall–Kier alpha value is -1.75. The predicted molar refractivity (Wildman–Crippen MR) is 78.9 cm³/mol. The van der Waals surface area contributed by atoms with Crippen LogP contribution in [0.1, 0.15) is 17.4 Å². The summed E-state index contributed by atoms with van der Waals surface area (Å²) in [7, 11) is -3.78. The summed E-state index contributed by atoms with van der Waals surface area (Å²) >= 11 is 1.55. The van der Waals surface area contributed by atoms with Crippen LogP contribution in [-0.4, -0.2) is 14.5 Å². The van der Waals surface area contributed by atoms with Gasteiger partial charge < -0.3 is 0 Å². The Labute approximate surface area is 126 Å². The van der Waals surface area contributed by atoms with Crippen LogP contribution in [0.5, 0.6) is 0 Å². The highest BCUT2D eigenvalue weighted by Gasteiger charge is 2.19. The van der Waals surface area contributed by atoms with E-state index in [1.165, 1.54) is 0 Å². The van der Waals surface area contributed by atoms with E-state index in [-0.39, 0.29) is 16.5 Å². The monoisotopic (exact) mass is 324 g/mol. The molecular formula is C14H13FN2O2S2. The van der Waals surface area contributed by atoms with E-state index < -0.39 is 15.8 Å². The summed E-state index contributed by atoms with van der Waals surface area (Å²) in [6.45, 7) is 1.76. The standard InChI is InChI=1S/C14H13FN2O2S2/c1-10(7-12-3-2-6-20-12)17-21(18,19)13-4-5-14(15)11(8-13)9-16/h2-6,8,10,17H,7H2,1H3. The van der Waals surface area contributed by atoms with E-state index in [9.17, 15) is 12.8 Å². The van der Waals surface area contributed by atoms with Crippen molar-refractivity contribution in [2.24, 2.45) is 0 Å². The molecule has 4 nitrogen and oxygen atoms in total. The summed E-state index contributed by atoms with van der Waals surface area (Å²) in [4.78, 5) is 0.959. The molecule has 2 rings (SSSR count). The van der Waals surface area contributed by atoms with Crippen molar-refractivity contribution in [3.05, 3.63) is 52.0 Å². The first-order chi connectivity index (χ1) is 9.92. The average molecular weight is 324 g/mol. The Morgan fingerprint density at radius 3 is 2.81 bits per heavy atom. The molecule has 2 aromatic rings. The second kappa shape index (κ2) is 6.35. The Kier molecular flexibility index (Phi) is 4.73. The highest BCUT2D eigenvalue weighted by molar-refractivity contribution is 7.89. The van der Waals surface area contributed by atoms with Gasteiger partial charge in [-0.05, 0) is 43.0 Å². The van der Waals surface area contributed by atoms with Crippen LogP contribution in [0.25, 0.3) is 0 Å². The number of hydrogen-bond donors (Lipinski definition) is 1. The zero-order valence-corrected chi connectivity index (χ0v) is 12.8. The highest BCUT2D eigenvalue weighted by Crippen LogP contribution is 2.16. The maximum absolute atomic E-state index is 13.2. The molecule has 0 saturated heterocycles. The van der Waals surface area contributed by atoms with Gasteiger partial charge in [0.15, 0.2) is 0 Å². The summed E-state index contributed by atoms with van der Waals surface area (Å²) in [5, 5.41) is 10.7. The fraction of sp³-hybridized carbons (Fsp3) is 0.214. The number of nitrogens with zero attached hydrogens (tertiary/aromatic N) is 1. The van der Waals surface area contributed by atoms with E-state index in [1.54, 1.807) is 24.3 Å². The zero-order valence-electron chi connectivity index (χ0n) is 11.2. The Bertz CT molecular complexity index is 765. The molecule has 0 bridgehead atoms. The first-order valence-corrected chi connectivity index (χ1v) is 8.53. The van der Waals surface area contributed by atoms with Crippen molar-refractivity contribution < 1.29 is 12.8 Å². The van der Waals surface area contributed by atoms with Crippen LogP contribution < -0.4 is 4.72 Å². The molecule has 0 aliphatic rings. The minimum absolute atomic E-state index is 0.113. The summed E-state index contributed by atoms with van der Waals surface area (Å²) in [6, 6.07) is 8.33. The van der Waals surface area contributed by atoms with Crippen molar-refractivity contribution in [2.45, 2.75) is 24.3 Å². The van der Waals surface area contributed by atoms with Crippen LogP contribution in [0.4, 0.5) is 4.39 Å². The minimum Gasteiger partial charge on any atom is -0.208 e. The van der Waals surface area contributed by atoms with Crippen LogP contribution in [0.3, 0.4) is 0 Å². The predicted octanol–water partition coefficient (Wildman–Crippen LogP) is 2.67. The summed E-state index contributed by atoms with van der Waals surface area (Å²) in [5.74, 6) is -0.733. The third-order valence-corrected chi connectivity index (χ3v) is 5.30. The van der Waals surface area contributed by atoms with E-state index in [0.717, 1.165) is 23.1 Å². The molecule has 0 aliphatic carbocycles. The van der Waals surface area contributed by atoms with Gasteiger partial charge in [-0.2, -0.15) is 5.26 Å². The van der Waals surface area contributed by atoms with Gasteiger partial charge in [-0.3, -0.25) is 0 Å². The zero-order chi connectivity index (χ0) is 15.5. The third kappa shape index (κ3) is 3.88. The van der Waals surface area contributed by atoms with E-state index >= 15 is 0 Å². The summed E-state index contributed by atoms with van der Waals surface area (Å²) in [5.41, 5.74) is -0.288. The van der Waals surface area contributed by atoms with Gasteiger partial charge in [0.1, 0.15) is 11.9 Å². The lowest BCUT2D eigenvalue weighted by atomic mass is 10.2. The molecule has 0 spiro atoms.